The van der Waals surface area contributed by atoms with Crippen molar-refractivity contribution in [3.63, 3.8) is 0 Å². The fourth-order valence-electron chi connectivity index (χ4n) is 6.61. The summed E-state index contributed by atoms with van der Waals surface area (Å²) in [6, 6.07) is 10.9. The number of carbonyl (C=O) groups excluding carboxylic acids is 4. The van der Waals surface area contributed by atoms with E-state index in [1.54, 1.807) is 41.2 Å². The molecule has 2 aromatic carbocycles. The highest BCUT2D eigenvalue weighted by Gasteiger charge is 2.36. The molecule has 4 heterocycles. The van der Waals surface area contributed by atoms with E-state index in [0.29, 0.717) is 68.0 Å². The van der Waals surface area contributed by atoms with E-state index < -0.39 is 29.5 Å². The van der Waals surface area contributed by atoms with Gasteiger partial charge in [-0.25, -0.2) is 14.4 Å². The van der Waals surface area contributed by atoms with Gasteiger partial charge < -0.3 is 39.8 Å². The lowest BCUT2D eigenvalue weighted by Crippen LogP contribution is -2.46. The van der Waals surface area contributed by atoms with Gasteiger partial charge in [-0.3, -0.25) is 19.2 Å². The monoisotopic (exact) mass is 882 g/mol. The number of hydrogen-bond donors (Lipinski definition) is 3. The van der Waals surface area contributed by atoms with Gasteiger partial charge in [-0.2, -0.15) is 0 Å². The lowest BCUT2D eigenvalue weighted by Gasteiger charge is -2.33. The smallest absolute Gasteiger partial charge is 0.471 e. The van der Waals surface area contributed by atoms with Gasteiger partial charge in [0.05, 0.1) is 42.8 Å². The molecule has 3 fully saturated rings. The molecule has 0 spiro atoms. The van der Waals surface area contributed by atoms with Crippen molar-refractivity contribution in [2.45, 2.75) is 72.7 Å². The van der Waals surface area contributed by atoms with Crippen LogP contribution in [0.4, 0.5) is 29.1 Å². The van der Waals surface area contributed by atoms with Crippen LogP contribution in [0.15, 0.2) is 60.9 Å². The number of benzene rings is 2. The largest absolute Gasteiger partial charge is 0.573 e. The molecule has 3 N–H and O–H groups in total. The number of imidazole rings is 1. The number of methoxy groups -OCH3 is 1. The summed E-state index contributed by atoms with van der Waals surface area (Å²) in [5, 5.41) is 5.21. The molecule has 2 saturated heterocycles. The normalized spacial score (nSPS) is 17.4. The van der Waals surface area contributed by atoms with Crippen LogP contribution in [0.3, 0.4) is 0 Å². The Morgan fingerprint density at radius 1 is 0.968 bits per heavy atom. The van der Waals surface area contributed by atoms with E-state index in [-0.39, 0.29) is 35.2 Å². The van der Waals surface area contributed by atoms with Crippen LogP contribution in [0.1, 0.15) is 82.5 Å². The molecule has 0 bridgehead atoms. The van der Waals surface area contributed by atoms with Crippen molar-refractivity contribution in [2.24, 2.45) is 11.3 Å². The summed E-state index contributed by atoms with van der Waals surface area (Å²) in [7, 11) is 3.02. The first-order valence-corrected chi connectivity index (χ1v) is 20.8. The number of H-pyrrole nitrogens is 1. The molecule has 3 aliphatic rings. The molecule has 2 atom stereocenters. The molecule has 1 aliphatic carbocycles. The first-order valence-electron chi connectivity index (χ1n) is 20.8. The maximum Gasteiger partial charge on any atom is 0.573 e. The Morgan fingerprint density at radius 3 is 2.11 bits per heavy atom. The predicted molar refractivity (Wildman–Crippen MR) is 232 cm³/mol. The molecule has 63 heavy (non-hydrogen) atoms. The van der Waals surface area contributed by atoms with Gasteiger partial charge >= 0.3 is 6.36 Å². The van der Waals surface area contributed by atoms with Crippen molar-refractivity contribution in [1.29, 1.82) is 0 Å². The van der Waals surface area contributed by atoms with Gasteiger partial charge in [0, 0.05) is 50.6 Å². The molecule has 2 aliphatic heterocycles. The average molecular weight is 883 g/mol. The Labute approximate surface area is 365 Å². The van der Waals surface area contributed by atoms with Crippen molar-refractivity contribution in [2.75, 3.05) is 63.6 Å². The van der Waals surface area contributed by atoms with Crippen LogP contribution < -0.4 is 20.3 Å². The number of amides is 3. The van der Waals surface area contributed by atoms with E-state index in [0.717, 1.165) is 30.4 Å². The standard InChI is InChI=1S/C35H36F4N8O4.C5H10.C3H8.C2H4O2/c1-21-13-29(47(19-21)32(49)18-40-2)33-42-17-28(43-33)23-5-3-22(4-6-23)25-14-26(36)27(15-30(25)51-35(37,38)39)44-34(50)24-7-8-31(41-16-24)46-11-9-45(20-48)10-12-46;1-5(2)3-4-5;1-3-2;1-4-2-3/h3-8,14-17,20-21,29,40H,9-13,18-19H2,1-2H3,(H,42,43)(H,44,50);3-4H2,1-2H3;3H2,1-2H3;2H,1H3. The van der Waals surface area contributed by atoms with Gasteiger partial charge in [0.25, 0.3) is 12.4 Å². The van der Waals surface area contributed by atoms with Crippen molar-refractivity contribution in [3.8, 4) is 28.1 Å². The zero-order chi connectivity index (χ0) is 46.3. The predicted octanol–water partition coefficient (Wildman–Crippen LogP) is 7.85. The molecule has 2 unspecified atom stereocenters. The maximum atomic E-state index is 15.4. The van der Waals surface area contributed by atoms with Gasteiger partial charge in [-0.05, 0) is 67.0 Å². The molecule has 2 aromatic heterocycles. The van der Waals surface area contributed by atoms with Crippen molar-refractivity contribution < 1.29 is 46.2 Å². The summed E-state index contributed by atoms with van der Waals surface area (Å²) in [6.45, 7) is 14.3. The number of aromatic amines is 1. The van der Waals surface area contributed by atoms with Crippen molar-refractivity contribution >= 4 is 36.2 Å². The Bertz CT molecular complexity index is 2100. The van der Waals surface area contributed by atoms with E-state index in [4.69, 9.17) is 4.79 Å². The number of ether oxygens (including phenoxy) is 2. The van der Waals surface area contributed by atoms with Crippen LogP contribution in [0.25, 0.3) is 22.4 Å². The quantitative estimate of drug-likeness (QED) is 0.1000. The second kappa shape index (κ2) is 22.9. The number of nitrogens with one attached hydrogen (secondary N) is 3. The molecule has 18 heteroatoms. The van der Waals surface area contributed by atoms with Crippen LogP contribution in [-0.4, -0.2) is 109 Å². The van der Waals surface area contributed by atoms with Crippen LogP contribution in [0.2, 0.25) is 0 Å². The van der Waals surface area contributed by atoms with Gasteiger partial charge in [0.2, 0.25) is 12.3 Å². The zero-order valence-electron chi connectivity index (χ0n) is 36.9. The number of nitrogens with zero attached hydrogens (tertiary/aromatic N) is 5. The van der Waals surface area contributed by atoms with Gasteiger partial charge in [-0.1, -0.05) is 65.3 Å². The lowest BCUT2D eigenvalue weighted by molar-refractivity contribution is -0.274. The molecule has 1 saturated carbocycles. The lowest BCUT2D eigenvalue weighted by atomic mass is 10.0. The van der Waals surface area contributed by atoms with Gasteiger partial charge in [0.1, 0.15) is 23.2 Å². The molecule has 7 rings (SSSR count). The van der Waals surface area contributed by atoms with Gasteiger partial charge in [0.15, 0.2) is 0 Å². The summed E-state index contributed by atoms with van der Waals surface area (Å²) in [5.41, 5.74) is 1.65. The number of halogens is 4. The Kier molecular flexibility index (Phi) is 18.0. The van der Waals surface area contributed by atoms with Crippen LogP contribution in [0, 0.1) is 17.2 Å². The van der Waals surface area contributed by atoms with Crippen molar-refractivity contribution in [3.05, 3.63) is 78.1 Å². The van der Waals surface area contributed by atoms with E-state index in [2.05, 4.69) is 69.7 Å². The fraction of sp³-hybridized carbons (Fsp3) is 0.467. The number of likely N-dealkylation sites (tertiary alicyclic amines) is 1. The first-order chi connectivity index (χ1) is 30.0. The minimum absolute atomic E-state index is 0.0299. The number of pyridine rings is 1. The average Bonchev–Trinajstić information content (AvgIpc) is 3.57. The van der Waals surface area contributed by atoms with Crippen LogP contribution in [-0.2, 0) is 19.1 Å². The molecule has 14 nitrogen and oxygen atoms in total. The number of carbonyl (C=O) groups is 4. The summed E-state index contributed by atoms with van der Waals surface area (Å²) in [6.07, 6.45) is 3.50. The second-order valence-corrected chi connectivity index (χ2v) is 16.3. The highest BCUT2D eigenvalue weighted by Crippen LogP contribution is 2.43. The zero-order valence-corrected chi connectivity index (χ0v) is 36.9. The van der Waals surface area contributed by atoms with E-state index in [1.165, 1.54) is 50.8 Å². The highest BCUT2D eigenvalue weighted by atomic mass is 19.4. The van der Waals surface area contributed by atoms with Crippen molar-refractivity contribution in [1.82, 2.24) is 30.1 Å². The van der Waals surface area contributed by atoms with Gasteiger partial charge in [-0.15, -0.1) is 13.2 Å². The molecule has 3 amide bonds. The minimum Gasteiger partial charge on any atom is -0.471 e. The number of piperazine rings is 1. The number of anilines is 2. The topological polar surface area (TPSA) is 162 Å². The van der Waals surface area contributed by atoms with E-state index >= 15 is 4.39 Å². The number of aromatic nitrogens is 3. The summed E-state index contributed by atoms with van der Waals surface area (Å²) in [5.74, 6) is -0.990. The summed E-state index contributed by atoms with van der Waals surface area (Å²) < 4.78 is 64.1. The fourth-order valence-corrected chi connectivity index (χ4v) is 6.61. The number of likely N-dealkylation sites (N-methyl/N-ethyl adjacent to an activating group) is 1. The third-order valence-electron chi connectivity index (χ3n) is 10.3. The van der Waals surface area contributed by atoms with Crippen LogP contribution in [0.5, 0.6) is 5.75 Å². The SMILES string of the molecule is CC1(C)CC1.CCC.CNCC(=O)N1CC(C)CC1c1ncc(-c2ccc(-c3cc(F)c(NC(=O)c4ccc(N5CCN(C=O)CC5)nc4)cc3OC(F)(F)F)cc2)[nH]1.COC=O. The molecule has 342 valence electrons. The van der Waals surface area contributed by atoms with E-state index in [9.17, 15) is 27.6 Å². The third-order valence-corrected chi connectivity index (χ3v) is 10.3. The number of hydrogen-bond acceptors (Lipinski definition) is 10. The second-order valence-electron chi connectivity index (χ2n) is 16.3. The Balaban J connectivity index is 0.000000638. The Hall–Kier alpha value is -6.04. The summed E-state index contributed by atoms with van der Waals surface area (Å²) >= 11 is 0. The molecular formula is C45H58F4N8O6. The summed E-state index contributed by atoms with van der Waals surface area (Å²) in [4.78, 5) is 63.0. The minimum atomic E-state index is -5.10. The van der Waals surface area contributed by atoms with Crippen LogP contribution >= 0.6 is 0 Å². The van der Waals surface area contributed by atoms with E-state index in [1.807, 2.05) is 4.90 Å². The third kappa shape index (κ3) is 14.8. The molecule has 4 aromatic rings. The molecular weight excluding hydrogens is 825 g/mol. The number of alkyl halides is 3. The molecule has 0 radical (unpaired) electrons. The number of rotatable bonds is 11. The first kappa shape index (κ1) is 49.6. The maximum absolute atomic E-state index is 15.4. The highest BCUT2D eigenvalue weighted by molar-refractivity contribution is 6.04. The Morgan fingerprint density at radius 2 is 1.59 bits per heavy atom.